The summed E-state index contributed by atoms with van der Waals surface area (Å²) in [6, 6.07) is 4.30. The first-order valence-corrected chi connectivity index (χ1v) is 16.0. The molecule has 1 aromatic carbocycles. The van der Waals surface area contributed by atoms with E-state index in [1.807, 2.05) is 0 Å². The summed E-state index contributed by atoms with van der Waals surface area (Å²) < 4.78 is 33.0. The van der Waals surface area contributed by atoms with Gasteiger partial charge < -0.3 is 19.9 Å². The molecular formula is C29H48N4O4S. The Hall–Kier alpha value is -1.68. The fraction of sp³-hybridized carbons (Fsp3) is 0.759. The third-order valence-corrected chi connectivity index (χ3v) is 11.1. The van der Waals surface area contributed by atoms with Crippen LogP contribution in [0.1, 0.15) is 68.9 Å². The zero-order valence-electron chi connectivity index (χ0n) is 23.9. The van der Waals surface area contributed by atoms with Crippen molar-refractivity contribution in [2.75, 3.05) is 53.4 Å². The van der Waals surface area contributed by atoms with Crippen LogP contribution < -0.4 is 10.1 Å². The summed E-state index contributed by atoms with van der Waals surface area (Å²) in [6.07, 6.45) is 9.84. The van der Waals surface area contributed by atoms with Crippen LogP contribution in [0.5, 0.6) is 5.75 Å². The van der Waals surface area contributed by atoms with Crippen LogP contribution in [0.2, 0.25) is 0 Å². The average Bonchev–Trinajstić information content (AvgIpc) is 3.58. The minimum Gasteiger partial charge on any atom is -0.497 e. The lowest BCUT2D eigenvalue weighted by Crippen LogP contribution is -2.44. The van der Waals surface area contributed by atoms with E-state index in [0.717, 1.165) is 31.6 Å². The molecule has 2 aliphatic heterocycles. The van der Waals surface area contributed by atoms with Crippen LogP contribution in [-0.2, 0) is 14.8 Å². The summed E-state index contributed by atoms with van der Waals surface area (Å²) in [5, 5.41) is 3.17. The number of carbonyl (C=O) groups excluding carboxylic acids is 1. The average molecular weight is 549 g/mol. The summed E-state index contributed by atoms with van der Waals surface area (Å²) in [7, 11) is -0.580. The Bertz CT molecular complexity index is 1030. The van der Waals surface area contributed by atoms with Crippen molar-refractivity contribution >= 4 is 15.9 Å². The predicted octanol–water partition coefficient (Wildman–Crippen LogP) is 3.56. The normalized spacial score (nSPS) is 25.2. The Morgan fingerprint density at radius 3 is 2.34 bits per heavy atom. The van der Waals surface area contributed by atoms with Crippen molar-refractivity contribution in [3.05, 3.63) is 23.3 Å². The summed E-state index contributed by atoms with van der Waals surface area (Å²) in [5.41, 5.74) is 1.29. The summed E-state index contributed by atoms with van der Waals surface area (Å²) >= 11 is 0. The maximum atomic E-state index is 13.2. The van der Waals surface area contributed by atoms with Crippen molar-refractivity contribution in [1.82, 2.24) is 19.4 Å². The van der Waals surface area contributed by atoms with Gasteiger partial charge in [-0.2, -0.15) is 0 Å². The first-order valence-electron chi connectivity index (χ1n) is 14.5. The number of benzene rings is 1. The number of aryl methyl sites for hydroxylation is 2. The number of hydrogen-bond donors (Lipinski definition) is 1. The Balaban J connectivity index is 1.17. The molecule has 1 saturated carbocycles. The number of ether oxygens (including phenoxy) is 1. The number of amides is 1. The fourth-order valence-electron chi connectivity index (χ4n) is 6.66. The lowest BCUT2D eigenvalue weighted by atomic mass is 9.90. The van der Waals surface area contributed by atoms with Crippen LogP contribution in [0.25, 0.3) is 0 Å². The summed E-state index contributed by atoms with van der Waals surface area (Å²) in [6.45, 7) is 10.0. The first-order chi connectivity index (χ1) is 18.2. The molecule has 0 unspecified atom stereocenters. The Kier molecular flexibility index (Phi) is 10.1. The van der Waals surface area contributed by atoms with Crippen LogP contribution >= 0.6 is 0 Å². The number of rotatable bonds is 11. The van der Waals surface area contributed by atoms with E-state index in [1.165, 1.54) is 62.7 Å². The van der Waals surface area contributed by atoms with E-state index >= 15 is 0 Å². The zero-order chi connectivity index (χ0) is 27.3. The van der Waals surface area contributed by atoms with Gasteiger partial charge in [0.25, 0.3) is 0 Å². The zero-order valence-corrected chi connectivity index (χ0v) is 24.7. The van der Waals surface area contributed by atoms with E-state index in [0.29, 0.717) is 27.8 Å². The second-order valence-electron chi connectivity index (χ2n) is 11.7. The van der Waals surface area contributed by atoms with Gasteiger partial charge in [-0.25, -0.2) is 12.7 Å². The van der Waals surface area contributed by atoms with E-state index < -0.39 is 10.0 Å². The van der Waals surface area contributed by atoms with Crippen molar-refractivity contribution in [1.29, 1.82) is 0 Å². The molecule has 1 atom stereocenters. The van der Waals surface area contributed by atoms with Crippen LogP contribution in [0.15, 0.2) is 17.0 Å². The lowest BCUT2D eigenvalue weighted by Gasteiger charge is -2.35. The molecule has 8 nitrogen and oxygen atoms in total. The molecule has 0 bridgehead atoms. The van der Waals surface area contributed by atoms with Gasteiger partial charge in [-0.15, -0.1) is 0 Å². The standard InChI is InChI=1S/C29H48N4O4S/c1-22-19-27(37-4)20-23(2)29(22)38(35,36)31(3)16-13-28(34)30-25-7-9-26(10-8-25)33-18-12-24(21-33)11-17-32-14-5-6-15-32/h19-20,24-26H,5-18,21H2,1-4H3,(H,30,34)/t24-,25?,26?/m0/s1. The predicted molar refractivity (Wildman–Crippen MR) is 151 cm³/mol. The van der Waals surface area contributed by atoms with Gasteiger partial charge in [0, 0.05) is 38.6 Å². The van der Waals surface area contributed by atoms with Crippen LogP contribution in [0.3, 0.4) is 0 Å². The van der Waals surface area contributed by atoms with Gasteiger partial charge in [0.2, 0.25) is 15.9 Å². The van der Waals surface area contributed by atoms with Crippen molar-refractivity contribution in [3.63, 3.8) is 0 Å². The highest BCUT2D eigenvalue weighted by Gasteiger charge is 2.32. The molecule has 38 heavy (non-hydrogen) atoms. The molecule has 1 aromatic rings. The fourth-order valence-corrected chi connectivity index (χ4v) is 8.23. The molecule has 3 fully saturated rings. The van der Waals surface area contributed by atoms with Gasteiger partial charge in [-0.05, 0) is 121 Å². The molecule has 0 spiro atoms. The molecule has 1 aliphatic carbocycles. The third kappa shape index (κ3) is 7.29. The minimum atomic E-state index is -3.70. The van der Waals surface area contributed by atoms with Crippen molar-refractivity contribution in [3.8, 4) is 5.75 Å². The molecule has 0 aromatic heterocycles. The molecule has 3 aliphatic rings. The number of nitrogens with one attached hydrogen (secondary N) is 1. The van der Waals surface area contributed by atoms with Crippen molar-refractivity contribution in [2.45, 2.75) is 88.6 Å². The first kappa shape index (κ1) is 29.3. The van der Waals surface area contributed by atoms with Gasteiger partial charge in [0.05, 0.1) is 12.0 Å². The van der Waals surface area contributed by atoms with Gasteiger partial charge in [0.1, 0.15) is 5.75 Å². The number of likely N-dealkylation sites (tertiary alicyclic amines) is 2. The lowest BCUT2D eigenvalue weighted by molar-refractivity contribution is -0.122. The van der Waals surface area contributed by atoms with Gasteiger partial charge in [-0.1, -0.05) is 0 Å². The van der Waals surface area contributed by atoms with E-state index in [4.69, 9.17) is 4.74 Å². The molecule has 0 radical (unpaired) electrons. The summed E-state index contributed by atoms with van der Waals surface area (Å²) in [5.74, 6) is 1.41. The number of methoxy groups -OCH3 is 1. The van der Waals surface area contributed by atoms with Gasteiger partial charge in [-0.3, -0.25) is 4.79 Å². The molecular weight excluding hydrogens is 500 g/mol. The second kappa shape index (κ2) is 13.1. The topological polar surface area (TPSA) is 82.2 Å². The third-order valence-electron chi connectivity index (χ3n) is 8.94. The number of sulfonamides is 1. The van der Waals surface area contributed by atoms with Gasteiger partial charge >= 0.3 is 0 Å². The molecule has 1 amide bonds. The largest absolute Gasteiger partial charge is 0.497 e. The smallest absolute Gasteiger partial charge is 0.243 e. The SMILES string of the molecule is COc1cc(C)c(S(=O)(=O)N(C)CCC(=O)NC2CCC(N3CC[C@H](CCN4CCCC4)C3)CC2)c(C)c1. The van der Waals surface area contributed by atoms with Crippen molar-refractivity contribution < 1.29 is 17.9 Å². The molecule has 2 heterocycles. The van der Waals surface area contributed by atoms with E-state index in [2.05, 4.69) is 15.1 Å². The molecule has 9 heteroatoms. The highest BCUT2D eigenvalue weighted by atomic mass is 32.2. The van der Waals surface area contributed by atoms with Gasteiger partial charge in [0.15, 0.2) is 0 Å². The van der Waals surface area contributed by atoms with Crippen LogP contribution in [0, 0.1) is 19.8 Å². The Labute approximate surface area is 230 Å². The number of carbonyl (C=O) groups is 1. The van der Waals surface area contributed by atoms with Crippen LogP contribution in [0.4, 0.5) is 0 Å². The highest BCUT2D eigenvalue weighted by molar-refractivity contribution is 7.89. The maximum Gasteiger partial charge on any atom is 0.243 e. The second-order valence-corrected chi connectivity index (χ2v) is 13.7. The molecule has 1 N–H and O–H groups in total. The Morgan fingerprint density at radius 1 is 1.05 bits per heavy atom. The monoisotopic (exact) mass is 548 g/mol. The number of hydrogen-bond acceptors (Lipinski definition) is 6. The van der Waals surface area contributed by atoms with E-state index in [-0.39, 0.29) is 24.9 Å². The van der Waals surface area contributed by atoms with E-state index in [1.54, 1.807) is 40.1 Å². The number of nitrogens with zero attached hydrogens (tertiary/aromatic N) is 3. The maximum absolute atomic E-state index is 13.2. The highest BCUT2D eigenvalue weighted by Crippen LogP contribution is 2.30. The quantitative estimate of drug-likeness (QED) is 0.456. The molecule has 4 rings (SSSR count). The molecule has 214 valence electrons. The minimum absolute atomic E-state index is 0.0678. The van der Waals surface area contributed by atoms with Crippen LogP contribution in [-0.4, -0.2) is 93.9 Å². The van der Waals surface area contributed by atoms with E-state index in [9.17, 15) is 13.2 Å². The van der Waals surface area contributed by atoms with Crippen molar-refractivity contribution in [2.24, 2.45) is 5.92 Å². The molecule has 2 saturated heterocycles. The Morgan fingerprint density at radius 2 is 1.71 bits per heavy atom. The summed E-state index contributed by atoms with van der Waals surface area (Å²) in [4.78, 5) is 18.3.